The average Bonchev–Trinajstić information content (AvgIpc) is 3.05. The van der Waals surface area contributed by atoms with Gasteiger partial charge in [-0.3, -0.25) is 4.79 Å². The monoisotopic (exact) mass is 394 g/mol. The van der Waals surface area contributed by atoms with Gasteiger partial charge in [-0.2, -0.15) is 4.31 Å². The molecule has 1 fully saturated rings. The van der Waals surface area contributed by atoms with Crippen molar-refractivity contribution in [3.63, 3.8) is 0 Å². The maximum Gasteiger partial charge on any atom is 0.246 e. The van der Waals surface area contributed by atoms with Crippen molar-refractivity contribution in [3.05, 3.63) is 59.0 Å². The molecule has 0 unspecified atom stereocenters. The molecule has 0 N–H and O–H groups in total. The lowest BCUT2D eigenvalue weighted by Gasteiger charge is -2.33. The van der Waals surface area contributed by atoms with Crippen molar-refractivity contribution in [1.82, 2.24) is 9.21 Å². The van der Waals surface area contributed by atoms with Gasteiger partial charge in [-0.15, -0.1) is 0 Å². The number of sulfonamides is 1. The smallest absolute Gasteiger partial charge is 0.246 e. The van der Waals surface area contributed by atoms with Crippen LogP contribution in [-0.4, -0.2) is 49.7 Å². The molecule has 6 nitrogen and oxygen atoms in total. The third kappa shape index (κ3) is 4.17. The van der Waals surface area contributed by atoms with E-state index in [0.29, 0.717) is 23.9 Å². The first-order valence-electron chi connectivity index (χ1n) is 8.15. The van der Waals surface area contributed by atoms with Crippen LogP contribution in [0, 0.1) is 6.92 Å². The first-order valence-corrected chi connectivity index (χ1v) is 9.97. The van der Waals surface area contributed by atoms with Crippen molar-refractivity contribution >= 4 is 33.6 Å². The lowest BCUT2D eigenvalue weighted by Crippen LogP contribution is -2.50. The summed E-state index contributed by atoms with van der Waals surface area (Å²) in [5, 5.41) is 0.373. The van der Waals surface area contributed by atoms with E-state index in [4.69, 9.17) is 16.0 Å². The van der Waals surface area contributed by atoms with Crippen LogP contribution in [0.15, 0.2) is 51.8 Å². The zero-order chi connectivity index (χ0) is 18.7. The van der Waals surface area contributed by atoms with Crippen LogP contribution in [0.2, 0.25) is 5.02 Å². The summed E-state index contributed by atoms with van der Waals surface area (Å²) in [5.74, 6) is 1.22. The fraction of sp³-hybridized carbons (Fsp3) is 0.278. The molecule has 0 bridgehead atoms. The lowest BCUT2D eigenvalue weighted by molar-refractivity contribution is -0.127. The Labute approximate surface area is 157 Å². The predicted molar refractivity (Wildman–Crippen MR) is 99.3 cm³/mol. The lowest BCUT2D eigenvalue weighted by atomic mass is 10.3. The number of piperazine rings is 1. The molecule has 8 heteroatoms. The molecule has 26 heavy (non-hydrogen) atoms. The molecular weight excluding hydrogens is 376 g/mol. The molecule has 0 radical (unpaired) electrons. The summed E-state index contributed by atoms with van der Waals surface area (Å²) in [4.78, 5) is 14.0. The number of carbonyl (C=O) groups is 1. The first-order chi connectivity index (χ1) is 12.4. The van der Waals surface area contributed by atoms with E-state index in [0.717, 1.165) is 5.76 Å². The van der Waals surface area contributed by atoms with E-state index in [1.165, 1.54) is 22.5 Å². The minimum absolute atomic E-state index is 0.165. The topological polar surface area (TPSA) is 70.8 Å². The maximum absolute atomic E-state index is 12.7. The number of benzene rings is 1. The Kier molecular flexibility index (Phi) is 5.50. The summed E-state index contributed by atoms with van der Waals surface area (Å²) in [5.41, 5.74) is 0. The number of hydrogen-bond acceptors (Lipinski definition) is 4. The quantitative estimate of drug-likeness (QED) is 0.747. The zero-order valence-corrected chi connectivity index (χ0v) is 15.8. The summed E-state index contributed by atoms with van der Waals surface area (Å²) >= 11 is 5.89. The Hall–Kier alpha value is -2.09. The van der Waals surface area contributed by atoms with Gasteiger partial charge < -0.3 is 9.32 Å². The molecule has 0 saturated carbocycles. The minimum atomic E-state index is -3.61. The average molecular weight is 395 g/mol. The zero-order valence-electron chi connectivity index (χ0n) is 14.3. The molecule has 1 aromatic heterocycles. The summed E-state index contributed by atoms with van der Waals surface area (Å²) < 4.78 is 32.1. The molecule has 1 aliphatic rings. The fourth-order valence-corrected chi connectivity index (χ4v) is 4.45. The van der Waals surface area contributed by atoms with Crippen LogP contribution in [0.25, 0.3) is 6.08 Å². The van der Waals surface area contributed by atoms with E-state index in [1.807, 2.05) is 13.0 Å². The second kappa shape index (κ2) is 7.65. The second-order valence-electron chi connectivity index (χ2n) is 5.97. The highest BCUT2D eigenvalue weighted by Crippen LogP contribution is 2.21. The molecular formula is C18H19ClN2O4S. The Bertz CT molecular complexity index is 928. The summed E-state index contributed by atoms with van der Waals surface area (Å²) in [6, 6.07) is 9.80. The molecule has 1 saturated heterocycles. The van der Waals surface area contributed by atoms with E-state index in [-0.39, 0.29) is 23.9 Å². The number of rotatable bonds is 4. The van der Waals surface area contributed by atoms with Gasteiger partial charge in [-0.25, -0.2) is 8.42 Å². The van der Waals surface area contributed by atoms with Crippen LogP contribution >= 0.6 is 11.6 Å². The third-order valence-electron chi connectivity index (χ3n) is 4.14. The van der Waals surface area contributed by atoms with Crippen LogP contribution in [0.1, 0.15) is 11.5 Å². The van der Waals surface area contributed by atoms with E-state index in [9.17, 15) is 13.2 Å². The molecule has 1 aliphatic heterocycles. The highest BCUT2D eigenvalue weighted by atomic mass is 35.5. The van der Waals surface area contributed by atoms with Gasteiger partial charge in [-0.05, 0) is 43.3 Å². The van der Waals surface area contributed by atoms with Gasteiger partial charge in [0.05, 0.1) is 4.90 Å². The van der Waals surface area contributed by atoms with Crippen LogP contribution < -0.4 is 0 Å². The highest BCUT2D eigenvalue weighted by Gasteiger charge is 2.29. The molecule has 1 amide bonds. The van der Waals surface area contributed by atoms with Gasteiger partial charge >= 0.3 is 0 Å². The van der Waals surface area contributed by atoms with E-state index < -0.39 is 10.0 Å². The maximum atomic E-state index is 12.7. The Morgan fingerprint density at radius 3 is 2.50 bits per heavy atom. The van der Waals surface area contributed by atoms with Crippen molar-refractivity contribution in [3.8, 4) is 0 Å². The number of amides is 1. The molecule has 138 valence electrons. The largest absolute Gasteiger partial charge is 0.462 e. The third-order valence-corrected chi connectivity index (χ3v) is 6.27. The standard InChI is InChI=1S/C18H19ClN2O4S/c1-14-5-6-16(25-14)7-8-18(22)20-9-11-21(12-10-20)26(23,24)17-4-2-3-15(19)13-17/h2-8,13H,9-12H2,1H3. The normalized spacial score (nSPS) is 16.3. The van der Waals surface area contributed by atoms with Gasteiger partial charge in [0.25, 0.3) is 0 Å². The Morgan fingerprint density at radius 2 is 1.88 bits per heavy atom. The van der Waals surface area contributed by atoms with Gasteiger partial charge in [-0.1, -0.05) is 17.7 Å². The van der Waals surface area contributed by atoms with Crippen molar-refractivity contribution in [2.75, 3.05) is 26.2 Å². The van der Waals surface area contributed by atoms with Crippen LogP contribution in [0.5, 0.6) is 0 Å². The number of nitrogens with zero attached hydrogens (tertiary/aromatic N) is 2. The van der Waals surface area contributed by atoms with Crippen LogP contribution in [-0.2, 0) is 14.8 Å². The minimum Gasteiger partial charge on any atom is -0.462 e. The SMILES string of the molecule is Cc1ccc(C=CC(=O)N2CCN(S(=O)(=O)c3cccc(Cl)c3)CC2)o1. The summed E-state index contributed by atoms with van der Waals surface area (Å²) in [6.07, 6.45) is 3.06. The second-order valence-corrected chi connectivity index (χ2v) is 8.34. The summed E-state index contributed by atoms with van der Waals surface area (Å²) in [7, 11) is -3.61. The van der Waals surface area contributed by atoms with E-state index in [1.54, 1.807) is 29.2 Å². The molecule has 2 aromatic rings. The predicted octanol–water partition coefficient (Wildman–Crippen LogP) is 2.79. The van der Waals surface area contributed by atoms with Crippen molar-refractivity contribution in [2.45, 2.75) is 11.8 Å². The van der Waals surface area contributed by atoms with Crippen LogP contribution in [0.3, 0.4) is 0 Å². The van der Waals surface area contributed by atoms with Crippen molar-refractivity contribution in [2.24, 2.45) is 0 Å². The molecule has 0 spiro atoms. The first kappa shape index (κ1) is 18.7. The van der Waals surface area contributed by atoms with E-state index >= 15 is 0 Å². The number of aryl methyl sites for hydroxylation is 1. The van der Waals surface area contributed by atoms with Gasteiger partial charge in [0, 0.05) is 37.3 Å². The van der Waals surface area contributed by atoms with Crippen LogP contribution in [0.4, 0.5) is 0 Å². The fourth-order valence-electron chi connectivity index (χ4n) is 2.73. The Morgan fingerprint density at radius 1 is 1.15 bits per heavy atom. The van der Waals surface area contributed by atoms with Gasteiger partial charge in [0.1, 0.15) is 11.5 Å². The van der Waals surface area contributed by atoms with Crippen molar-refractivity contribution in [1.29, 1.82) is 0 Å². The van der Waals surface area contributed by atoms with Gasteiger partial charge in [0.15, 0.2) is 0 Å². The Balaban J connectivity index is 1.61. The highest BCUT2D eigenvalue weighted by molar-refractivity contribution is 7.89. The molecule has 1 aromatic carbocycles. The van der Waals surface area contributed by atoms with Crippen molar-refractivity contribution < 1.29 is 17.6 Å². The number of halogens is 1. The molecule has 3 rings (SSSR count). The number of hydrogen-bond donors (Lipinski definition) is 0. The number of carbonyl (C=O) groups excluding carboxylic acids is 1. The van der Waals surface area contributed by atoms with Gasteiger partial charge in [0.2, 0.25) is 15.9 Å². The number of furan rings is 1. The van der Waals surface area contributed by atoms with E-state index in [2.05, 4.69) is 0 Å². The summed E-state index contributed by atoms with van der Waals surface area (Å²) in [6.45, 7) is 2.99. The molecule has 2 heterocycles. The molecule has 0 atom stereocenters. The molecule has 0 aliphatic carbocycles.